The Morgan fingerprint density at radius 1 is 1.06 bits per heavy atom. The number of aromatic hydroxyl groups is 1. The molecule has 2 aliphatic rings. The molecule has 0 unspecified atom stereocenters. The Labute approximate surface area is 97.5 Å². The largest absolute Gasteiger partial charge is 0.507 e. The van der Waals surface area contributed by atoms with Crippen molar-refractivity contribution < 1.29 is 5.11 Å². The Balaban J connectivity index is 1.95. The van der Waals surface area contributed by atoms with Gasteiger partial charge < -0.3 is 5.11 Å². The van der Waals surface area contributed by atoms with Crippen LogP contribution in [-0.2, 0) is 0 Å². The summed E-state index contributed by atoms with van der Waals surface area (Å²) in [5.74, 6) is 3.17. The molecule has 0 heterocycles. The molecule has 1 aromatic rings. The zero-order valence-corrected chi connectivity index (χ0v) is 10.2. The van der Waals surface area contributed by atoms with Crippen LogP contribution in [0.5, 0.6) is 5.75 Å². The molecule has 0 radical (unpaired) electrons. The highest BCUT2D eigenvalue weighted by Gasteiger charge is 2.40. The number of rotatable bonds is 1. The van der Waals surface area contributed by atoms with Gasteiger partial charge in [0.05, 0.1) is 0 Å². The Kier molecular flexibility index (Phi) is 2.24. The van der Waals surface area contributed by atoms with Crippen LogP contribution in [0.1, 0.15) is 48.3 Å². The first-order chi connectivity index (χ1) is 7.65. The number of phenols is 1. The topological polar surface area (TPSA) is 20.2 Å². The minimum atomic E-state index is 0.479. The summed E-state index contributed by atoms with van der Waals surface area (Å²) in [4.78, 5) is 0. The molecule has 0 aliphatic heterocycles. The third kappa shape index (κ3) is 1.45. The maximum absolute atomic E-state index is 9.81. The fraction of sp³-hybridized carbons (Fsp3) is 0.600. The van der Waals surface area contributed by atoms with E-state index in [1.165, 1.54) is 31.2 Å². The molecule has 1 aromatic carbocycles. The van der Waals surface area contributed by atoms with Gasteiger partial charge in [-0.3, -0.25) is 0 Å². The first kappa shape index (κ1) is 10.2. The lowest BCUT2D eigenvalue weighted by atomic mass is 9.82. The lowest BCUT2D eigenvalue weighted by Gasteiger charge is -2.23. The Hall–Kier alpha value is -0.980. The second-order valence-corrected chi connectivity index (χ2v) is 5.78. The summed E-state index contributed by atoms with van der Waals surface area (Å²) in [5.41, 5.74) is 3.55. The third-order valence-corrected chi connectivity index (χ3v) is 4.68. The minimum Gasteiger partial charge on any atom is -0.507 e. The molecule has 1 N–H and O–H groups in total. The van der Waals surface area contributed by atoms with Crippen LogP contribution in [0.15, 0.2) is 12.1 Å². The highest BCUT2D eigenvalue weighted by molar-refractivity contribution is 5.43. The molecule has 2 aliphatic carbocycles. The van der Waals surface area contributed by atoms with Gasteiger partial charge in [0.25, 0.3) is 0 Å². The fourth-order valence-electron chi connectivity index (χ4n) is 3.86. The molecule has 86 valence electrons. The van der Waals surface area contributed by atoms with Crippen LogP contribution in [-0.4, -0.2) is 5.11 Å². The van der Waals surface area contributed by atoms with Gasteiger partial charge in [0.15, 0.2) is 0 Å². The monoisotopic (exact) mass is 216 g/mol. The van der Waals surface area contributed by atoms with Crippen LogP contribution in [0.25, 0.3) is 0 Å². The summed E-state index contributed by atoms with van der Waals surface area (Å²) in [6.07, 6.45) is 5.71. The molecule has 2 saturated carbocycles. The Morgan fingerprint density at radius 3 is 2.25 bits per heavy atom. The van der Waals surface area contributed by atoms with E-state index in [2.05, 4.69) is 12.1 Å². The maximum Gasteiger partial charge on any atom is 0.121 e. The first-order valence-corrected chi connectivity index (χ1v) is 6.45. The number of hydrogen-bond donors (Lipinski definition) is 1. The number of phenolic OH excluding ortho intramolecular Hbond substituents is 1. The molecule has 3 rings (SSSR count). The first-order valence-electron chi connectivity index (χ1n) is 6.45. The van der Waals surface area contributed by atoms with Gasteiger partial charge in [0.2, 0.25) is 0 Å². The van der Waals surface area contributed by atoms with Crippen molar-refractivity contribution in [2.24, 2.45) is 11.8 Å². The van der Waals surface area contributed by atoms with Crippen LogP contribution in [0.2, 0.25) is 0 Å². The summed E-state index contributed by atoms with van der Waals surface area (Å²) in [6.45, 7) is 4.03. The molecule has 3 atom stereocenters. The van der Waals surface area contributed by atoms with Gasteiger partial charge in [-0.2, -0.15) is 0 Å². The van der Waals surface area contributed by atoms with Crippen LogP contribution >= 0.6 is 0 Å². The molecule has 2 bridgehead atoms. The predicted molar refractivity (Wildman–Crippen MR) is 65.8 cm³/mol. The van der Waals surface area contributed by atoms with Crippen molar-refractivity contribution in [2.45, 2.75) is 45.4 Å². The van der Waals surface area contributed by atoms with E-state index in [1.54, 1.807) is 0 Å². The van der Waals surface area contributed by atoms with Crippen molar-refractivity contribution in [1.29, 1.82) is 0 Å². The summed E-state index contributed by atoms with van der Waals surface area (Å²) in [5, 5.41) is 9.81. The standard InChI is InChI=1S/C15H20O/c1-9-5-13(6-10(2)15(9)16)14-8-11-3-4-12(14)7-11/h5-6,11-12,14,16H,3-4,7-8H2,1-2H3/t11-,12+,14+/m0/s1. The van der Waals surface area contributed by atoms with Gasteiger partial charge in [0, 0.05) is 0 Å². The highest BCUT2D eigenvalue weighted by atomic mass is 16.3. The van der Waals surface area contributed by atoms with Crippen molar-refractivity contribution in [3.63, 3.8) is 0 Å². The van der Waals surface area contributed by atoms with E-state index in [0.29, 0.717) is 5.75 Å². The Morgan fingerprint density at radius 2 is 1.75 bits per heavy atom. The Bertz CT molecular complexity index is 398. The number of hydrogen-bond acceptors (Lipinski definition) is 1. The van der Waals surface area contributed by atoms with Gasteiger partial charge in [-0.15, -0.1) is 0 Å². The third-order valence-electron chi connectivity index (χ3n) is 4.68. The van der Waals surface area contributed by atoms with Crippen molar-refractivity contribution >= 4 is 0 Å². The molecular weight excluding hydrogens is 196 g/mol. The minimum absolute atomic E-state index is 0.479. The van der Waals surface area contributed by atoms with E-state index in [-0.39, 0.29) is 0 Å². The summed E-state index contributed by atoms with van der Waals surface area (Å²) < 4.78 is 0. The molecule has 16 heavy (non-hydrogen) atoms. The molecule has 0 spiro atoms. The number of benzene rings is 1. The van der Waals surface area contributed by atoms with Gasteiger partial charge in [-0.1, -0.05) is 18.6 Å². The lowest BCUT2D eigenvalue weighted by molar-refractivity contribution is 0.418. The normalized spacial score (nSPS) is 32.2. The van der Waals surface area contributed by atoms with Gasteiger partial charge in [0.1, 0.15) is 5.75 Å². The van der Waals surface area contributed by atoms with E-state index in [0.717, 1.165) is 28.9 Å². The second-order valence-electron chi connectivity index (χ2n) is 5.78. The van der Waals surface area contributed by atoms with Crippen molar-refractivity contribution in [1.82, 2.24) is 0 Å². The zero-order valence-electron chi connectivity index (χ0n) is 10.2. The van der Waals surface area contributed by atoms with E-state index in [9.17, 15) is 5.11 Å². The van der Waals surface area contributed by atoms with Crippen LogP contribution < -0.4 is 0 Å². The van der Waals surface area contributed by atoms with Crippen LogP contribution in [0.4, 0.5) is 0 Å². The highest BCUT2D eigenvalue weighted by Crippen LogP contribution is 2.53. The van der Waals surface area contributed by atoms with E-state index in [4.69, 9.17) is 0 Å². The molecule has 0 saturated heterocycles. The van der Waals surface area contributed by atoms with Gasteiger partial charge in [-0.05, 0) is 67.6 Å². The van der Waals surface area contributed by atoms with Gasteiger partial charge >= 0.3 is 0 Å². The quantitative estimate of drug-likeness (QED) is 0.754. The molecule has 1 heteroatoms. The molecule has 1 nitrogen and oxygen atoms in total. The zero-order chi connectivity index (χ0) is 11.3. The summed E-state index contributed by atoms with van der Waals surface area (Å²) in [7, 11) is 0. The van der Waals surface area contributed by atoms with Crippen LogP contribution in [0, 0.1) is 25.7 Å². The van der Waals surface area contributed by atoms with Crippen molar-refractivity contribution in [2.75, 3.05) is 0 Å². The SMILES string of the molecule is Cc1cc([C@@H]2C[C@H]3CC[C@@H]2C3)cc(C)c1O. The van der Waals surface area contributed by atoms with Gasteiger partial charge in [-0.25, -0.2) is 0 Å². The van der Waals surface area contributed by atoms with Crippen molar-refractivity contribution in [3.05, 3.63) is 28.8 Å². The average molecular weight is 216 g/mol. The number of aryl methyl sites for hydroxylation is 2. The smallest absolute Gasteiger partial charge is 0.121 e. The molecular formula is C15H20O. The molecule has 0 amide bonds. The summed E-state index contributed by atoms with van der Waals surface area (Å²) in [6, 6.07) is 4.40. The van der Waals surface area contributed by atoms with E-state index >= 15 is 0 Å². The summed E-state index contributed by atoms with van der Waals surface area (Å²) >= 11 is 0. The maximum atomic E-state index is 9.81. The molecule has 2 fully saturated rings. The molecule has 0 aromatic heterocycles. The average Bonchev–Trinajstić information content (AvgIpc) is 2.86. The fourth-order valence-corrected chi connectivity index (χ4v) is 3.86. The van der Waals surface area contributed by atoms with E-state index < -0.39 is 0 Å². The van der Waals surface area contributed by atoms with Crippen molar-refractivity contribution in [3.8, 4) is 5.75 Å². The number of fused-ring (bicyclic) bond motifs is 2. The second kappa shape index (κ2) is 3.51. The predicted octanol–water partition coefficient (Wildman–Crippen LogP) is 3.91. The lowest BCUT2D eigenvalue weighted by Crippen LogP contribution is -2.08. The van der Waals surface area contributed by atoms with E-state index in [1.807, 2.05) is 13.8 Å². The van der Waals surface area contributed by atoms with Crippen LogP contribution in [0.3, 0.4) is 0 Å².